The van der Waals surface area contributed by atoms with Crippen LogP contribution in [-0.2, 0) is 6.61 Å². The summed E-state index contributed by atoms with van der Waals surface area (Å²) in [5.74, 6) is 1.27. The number of rotatable bonds is 4. The van der Waals surface area contributed by atoms with Crippen LogP contribution in [0, 0.1) is 0 Å². The van der Waals surface area contributed by atoms with Crippen molar-refractivity contribution < 1.29 is 4.74 Å². The molecule has 17 heavy (non-hydrogen) atoms. The lowest BCUT2D eigenvalue weighted by Gasteiger charge is -2.04. The zero-order valence-electron chi connectivity index (χ0n) is 10.00. The summed E-state index contributed by atoms with van der Waals surface area (Å²) >= 11 is 0. The van der Waals surface area contributed by atoms with E-state index in [1.54, 1.807) is 18.5 Å². The Morgan fingerprint density at radius 2 is 2.18 bits per heavy atom. The van der Waals surface area contributed by atoms with Gasteiger partial charge in [0.15, 0.2) is 5.75 Å². The number of ether oxygens (including phenoxy) is 1. The Labute approximate surface area is 100 Å². The van der Waals surface area contributed by atoms with Crippen molar-refractivity contribution in [2.45, 2.75) is 26.5 Å². The molecule has 0 fully saturated rings. The quantitative estimate of drug-likeness (QED) is 0.875. The Morgan fingerprint density at radius 1 is 1.35 bits per heavy atom. The molecule has 90 valence electrons. The summed E-state index contributed by atoms with van der Waals surface area (Å²) in [6, 6.07) is 4.00. The number of nitrogens with two attached hydrogens (primary N) is 1. The summed E-state index contributed by atoms with van der Waals surface area (Å²) in [7, 11) is 0. The Bertz CT molecular complexity index is 476. The molecule has 0 aliphatic rings. The van der Waals surface area contributed by atoms with E-state index in [-0.39, 0.29) is 0 Å². The molecule has 0 unspecified atom stereocenters. The maximum Gasteiger partial charge on any atom is 0.157 e. The minimum atomic E-state index is 0.338. The second kappa shape index (κ2) is 4.86. The molecule has 2 aromatic rings. The second-order valence-electron chi connectivity index (χ2n) is 4.13. The molecular weight excluding hydrogens is 216 g/mol. The third-order valence-corrected chi connectivity index (χ3v) is 2.36. The number of hydrogen-bond acceptors (Lipinski definition) is 4. The molecule has 0 aliphatic heterocycles. The molecule has 2 heterocycles. The van der Waals surface area contributed by atoms with Gasteiger partial charge in [0.2, 0.25) is 0 Å². The van der Waals surface area contributed by atoms with Crippen LogP contribution in [0.1, 0.15) is 25.5 Å². The van der Waals surface area contributed by atoms with Crippen LogP contribution in [-0.4, -0.2) is 14.8 Å². The summed E-state index contributed by atoms with van der Waals surface area (Å²) in [4.78, 5) is 4.00. The molecule has 0 aromatic carbocycles. The van der Waals surface area contributed by atoms with Crippen LogP contribution in [0.2, 0.25) is 0 Å². The van der Waals surface area contributed by atoms with Gasteiger partial charge in [-0.25, -0.2) is 4.98 Å². The highest BCUT2D eigenvalue weighted by molar-refractivity contribution is 5.29. The summed E-state index contributed by atoms with van der Waals surface area (Å²) < 4.78 is 7.46. The molecule has 0 saturated heterocycles. The lowest BCUT2D eigenvalue weighted by Crippen LogP contribution is -2.00. The van der Waals surface area contributed by atoms with E-state index in [0.29, 0.717) is 18.5 Å². The minimum absolute atomic E-state index is 0.338. The van der Waals surface area contributed by atoms with Crippen LogP contribution in [0.25, 0.3) is 0 Å². The van der Waals surface area contributed by atoms with Crippen LogP contribution >= 0.6 is 0 Å². The molecule has 0 aliphatic carbocycles. The largest absolute Gasteiger partial charge is 0.486 e. The van der Waals surface area contributed by atoms with Gasteiger partial charge in [0.1, 0.15) is 12.4 Å². The van der Waals surface area contributed by atoms with Crippen molar-refractivity contribution in [2.75, 3.05) is 5.73 Å². The maximum absolute atomic E-state index is 5.60. The van der Waals surface area contributed by atoms with Gasteiger partial charge in [-0.15, -0.1) is 0 Å². The van der Waals surface area contributed by atoms with Crippen LogP contribution in [0.3, 0.4) is 0 Å². The first-order valence-electron chi connectivity index (χ1n) is 5.52. The Hall–Kier alpha value is -2.04. The Kier molecular flexibility index (Phi) is 3.27. The molecule has 2 rings (SSSR count). The van der Waals surface area contributed by atoms with Gasteiger partial charge in [0, 0.05) is 17.8 Å². The van der Waals surface area contributed by atoms with E-state index < -0.39 is 0 Å². The monoisotopic (exact) mass is 232 g/mol. The van der Waals surface area contributed by atoms with Gasteiger partial charge in [0.25, 0.3) is 0 Å². The average Bonchev–Trinajstić information content (AvgIpc) is 2.77. The first kappa shape index (κ1) is 11.4. The van der Waals surface area contributed by atoms with E-state index in [1.807, 2.05) is 16.9 Å². The smallest absolute Gasteiger partial charge is 0.157 e. The molecule has 0 saturated carbocycles. The predicted molar refractivity (Wildman–Crippen MR) is 65.6 cm³/mol. The Morgan fingerprint density at radius 3 is 2.76 bits per heavy atom. The van der Waals surface area contributed by atoms with Crippen molar-refractivity contribution in [1.29, 1.82) is 0 Å². The summed E-state index contributed by atoms with van der Waals surface area (Å²) in [5, 5.41) is 4.20. The molecule has 0 amide bonds. The van der Waals surface area contributed by atoms with Crippen molar-refractivity contribution in [3.8, 4) is 5.75 Å². The van der Waals surface area contributed by atoms with E-state index in [9.17, 15) is 0 Å². The molecule has 0 atom stereocenters. The van der Waals surface area contributed by atoms with Gasteiger partial charge in [-0.1, -0.05) is 6.07 Å². The minimum Gasteiger partial charge on any atom is -0.486 e. The van der Waals surface area contributed by atoms with E-state index in [0.717, 1.165) is 11.3 Å². The molecule has 0 spiro atoms. The molecular formula is C12H16N4O. The fraction of sp³-hybridized carbons (Fsp3) is 0.333. The van der Waals surface area contributed by atoms with Crippen molar-refractivity contribution in [1.82, 2.24) is 14.8 Å². The van der Waals surface area contributed by atoms with Gasteiger partial charge >= 0.3 is 0 Å². The number of hydrogen-bond donors (Lipinski definition) is 1. The molecule has 5 nitrogen and oxygen atoms in total. The van der Waals surface area contributed by atoms with Gasteiger partial charge in [-0.3, -0.25) is 4.68 Å². The third-order valence-electron chi connectivity index (χ3n) is 2.36. The van der Waals surface area contributed by atoms with Crippen LogP contribution in [0.4, 0.5) is 5.82 Å². The van der Waals surface area contributed by atoms with Crippen molar-refractivity contribution in [2.24, 2.45) is 0 Å². The van der Waals surface area contributed by atoms with Gasteiger partial charge in [-0.2, -0.15) is 5.10 Å². The third kappa shape index (κ3) is 2.96. The highest BCUT2D eigenvalue weighted by atomic mass is 16.5. The summed E-state index contributed by atoms with van der Waals surface area (Å²) in [6.07, 6.45) is 5.31. The SMILES string of the molecule is CC(C)n1cc(OCc2ccc(N)nc2)cn1. The number of nitrogens with zero attached hydrogens (tertiary/aromatic N) is 3. The van der Waals surface area contributed by atoms with E-state index >= 15 is 0 Å². The number of aromatic nitrogens is 3. The molecule has 5 heteroatoms. The highest BCUT2D eigenvalue weighted by Gasteiger charge is 2.02. The summed E-state index contributed by atoms with van der Waals surface area (Å²) in [6.45, 7) is 4.61. The highest BCUT2D eigenvalue weighted by Crippen LogP contribution is 2.14. The lowest BCUT2D eigenvalue weighted by atomic mass is 10.3. The number of nitrogen functional groups attached to an aromatic ring is 1. The van der Waals surface area contributed by atoms with E-state index in [1.165, 1.54) is 0 Å². The zero-order chi connectivity index (χ0) is 12.3. The summed E-state index contributed by atoms with van der Waals surface area (Å²) in [5.41, 5.74) is 6.49. The standard InChI is InChI=1S/C12H16N4O/c1-9(2)16-7-11(6-15-16)17-8-10-3-4-12(13)14-5-10/h3-7,9H,8H2,1-2H3,(H2,13,14). The Balaban J connectivity index is 1.95. The van der Waals surface area contributed by atoms with Crippen LogP contribution < -0.4 is 10.5 Å². The lowest BCUT2D eigenvalue weighted by molar-refractivity contribution is 0.305. The van der Waals surface area contributed by atoms with Gasteiger partial charge in [0.05, 0.1) is 12.4 Å². The van der Waals surface area contributed by atoms with Crippen molar-refractivity contribution in [3.05, 3.63) is 36.3 Å². The molecule has 0 radical (unpaired) electrons. The molecule has 2 aromatic heterocycles. The van der Waals surface area contributed by atoms with Gasteiger partial charge < -0.3 is 10.5 Å². The number of anilines is 1. The fourth-order valence-electron chi connectivity index (χ4n) is 1.37. The normalized spacial score (nSPS) is 10.8. The zero-order valence-corrected chi connectivity index (χ0v) is 10.00. The maximum atomic E-state index is 5.60. The number of pyridine rings is 1. The first-order chi connectivity index (χ1) is 8.15. The van der Waals surface area contributed by atoms with E-state index in [2.05, 4.69) is 23.9 Å². The van der Waals surface area contributed by atoms with E-state index in [4.69, 9.17) is 10.5 Å². The van der Waals surface area contributed by atoms with Gasteiger partial charge in [-0.05, 0) is 19.9 Å². The topological polar surface area (TPSA) is 66.0 Å². The fourth-order valence-corrected chi connectivity index (χ4v) is 1.37. The predicted octanol–water partition coefficient (Wildman–Crippen LogP) is 2.02. The first-order valence-corrected chi connectivity index (χ1v) is 5.52. The van der Waals surface area contributed by atoms with Crippen LogP contribution in [0.5, 0.6) is 5.75 Å². The second-order valence-corrected chi connectivity index (χ2v) is 4.13. The molecule has 2 N–H and O–H groups in total. The van der Waals surface area contributed by atoms with Crippen LogP contribution in [0.15, 0.2) is 30.7 Å². The molecule has 0 bridgehead atoms. The van der Waals surface area contributed by atoms with Crippen molar-refractivity contribution >= 4 is 5.82 Å². The van der Waals surface area contributed by atoms with Crippen molar-refractivity contribution in [3.63, 3.8) is 0 Å². The average molecular weight is 232 g/mol.